The molecular formula is C13H15N3O6. The molecule has 1 amide bonds. The highest BCUT2D eigenvalue weighted by molar-refractivity contribution is 6.07. The molecule has 0 bridgehead atoms. The number of carbonyl (C=O) groups is 4. The summed E-state index contributed by atoms with van der Waals surface area (Å²) in [6, 6.07) is 2.28. The maximum absolute atomic E-state index is 12.0. The van der Waals surface area contributed by atoms with E-state index in [-0.39, 0.29) is 29.5 Å². The number of carboxylic acids is 2. The van der Waals surface area contributed by atoms with Crippen molar-refractivity contribution < 1.29 is 29.4 Å². The zero-order valence-electron chi connectivity index (χ0n) is 11.4. The van der Waals surface area contributed by atoms with Crippen LogP contribution in [0, 0.1) is 0 Å². The van der Waals surface area contributed by atoms with Crippen molar-refractivity contribution in [1.29, 1.82) is 0 Å². The smallest absolute Gasteiger partial charge is 0.336 e. The zero-order chi connectivity index (χ0) is 16.9. The Morgan fingerprint density at radius 3 is 2.27 bits per heavy atom. The minimum atomic E-state index is -1.34. The fourth-order valence-electron chi connectivity index (χ4n) is 1.72. The van der Waals surface area contributed by atoms with Gasteiger partial charge < -0.3 is 15.9 Å². The number of benzene rings is 1. The molecule has 0 aliphatic carbocycles. The van der Waals surface area contributed by atoms with Gasteiger partial charge in [-0.2, -0.15) is 0 Å². The Morgan fingerprint density at radius 2 is 1.77 bits per heavy atom. The lowest BCUT2D eigenvalue weighted by Crippen LogP contribution is -2.32. The second kappa shape index (κ2) is 7.29. The number of ketones is 1. The zero-order valence-corrected chi connectivity index (χ0v) is 11.4. The number of aromatic carboxylic acids is 1. The Morgan fingerprint density at radius 1 is 1.14 bits per heavy atom. The first kappa shape index (κ1) is 17.3. The van der Waals surface area contributed by atoms with E-state index < -0.39 is 29.7 Å². The molecule has 1 rings (SSSR count). The molecule has 9 nitrogen and oxygen atoms in total. The Balaban J connectivity index is 3.01. The van der Waals surface area contributed by atoms with Gasteiger partial charge in [-0.25, -0.2) is 10.6 Å². The van der Waals surface area contributed by atoms with Gasteiger partial charge in [-0.15, -0.1) is 0 Å². The molecule has 0 saturated heterocycles. The largest absolute Gasteiger partial charge is 0.480 e. The number of Topliss-reactive ketones (excluding diaryl/α,β-unsaturated/α-hetero) is 1. The Labute approximate surface area is 124 Å². The summed E-state index contributed by atoms with van der Waals surface area (Å²) in [5, 5.41) is 17.6. The summed E-state index contributed by atoms with van der Waals surface area (Å²) in [5.74, 6) is 1.09. The predicted molar refractivity (Wildman–Crippen MR) is 74.2 cm³/mol. The molecule has 22 heavy (non-hydrogen) atoms. The molecule has 0 radical (unpaired) electrons. The molecule has 0 fully saturated rings. The molecule has 1 atom stereocenters. The van der Waals surface area contributed by atoms with Gasteiger partial charge in [0.1, 0.15) is 6.04 Å². The Kier molecular flexibility index (Phi) is 5.72. The molecule has 0 aliphatic rings. The van der Waals surface area contributed by atoms with Crippen molar-refractivity contribution in [3.05, 3.63) is 34.9 Å². The summed E-state index contributed by atoms with van der Waals surface area (Å²) in [4.78, 5) is 45.1. The molecule has 0 aliphatic heterocycles. The number of carboxylic acid groups (broad SMARTS) is 2. The molecule has 0 saturated carbocycles. The number of hydrogen-bond donors (Lipinski definition) is 5. The predicted octanol–water partition coefficient (Wildman–Crippen LogP) is -0.637. The topological polar surface area (TPSA) is 173 Å². The standard InChI is InChI=1S/C13H15N3O6/c14-9(13(21)22)3-4-10(17)6-1-2-7(12(19)20)8(5-6)11(18)16-15/h1-2,5,9H,3-4,14-15H2,(H,16,18)(H,19,20)(H,21,22)/t9-/m0/s1. The number of nitrogens with one attached hydrogen (secondary N) is 1. The molecule has 0 unspecified atom stereocenters. The molecule has 9 heteroatoms. The summed E-state index contributed by atoms with van der Waals surface area (Å²) in [7, 11) is 0. The normalized spacial score (nSPS) is 11.5. The Bertz CT molecular complexity index is 628. The van der Waals surface area contributed by atoms with E-state index in [4.69, 9.17) is 21.8 Å². The van der Waals surface area contributed by atoms with E-state index in [9.17, 15) is 19.2 Å². The summed E-state index contributed by atoms with van der Waals surface area (Å²) in [5.41, 5.74) is 6.60. The number of carbonyl (C=O) groups excluding carboxylic acids is 2. The van der Waals surface area contributed by atoms with Crippen LogP contribution in [0.5, 0.6) is 0 Å². The van der Waals surface area contributed by atoms with Crippen molar-refractivity contribution in [2.75, 3.05) is 0 Å². The third-order valence-corrected chi connectivity index (χ3v) is 2.95. The third kappa shape index (κ3) is 4.11. The van der Waals surface area contributed by atoms with Gasteiger partial charge in [-0.3, -0.25) is 19.8 Å². The summed E-state index contributed by atoms with van der Waals surface area (Å²) in [6.07, 6.45) is -0.225. The van der Waals surface area contributed by atoms with Crippen LogP contribution in [0.4, 0.5) is 0 Å². The third-order valence-electron chi connectivity index (χ3n) is 2.95. The molecule has 7 N–H and O–H groups in total. The molecule has 1 aromatic carbocycles. The van der Waals surface area contributed by atoms with Crippen molar-refractivity contribution in [2.24, 2.45) is 11.6 Å². The van der Waals surface area contributed by atoms with Gasteiger partial charge in [0.25, 0.3) is 5.91 Å². The molecule has 0 aromatic heterocycles. The summed E-state index contributed by atoms with van der Waals surface area (Å²) in [6.45, 7) is 0. The lowest BCUT2D eigenvalue weighted by molar-refractivity contribution is -0.138. The maximum atomic E-state index is 12.0. The van der Waals surface area contributed by atoms with E-state index in [0.717, 1.165) is 12.1 Å². The number of hydrogen-bond acceptors (Lipinski definition) is 6. The lowest BCUT2D eigenvalue weighted by Gasteiger charge is -2.08. The van der Waals surface area contributed by atoms with Crippen molar-refractivity contribution in [1.82, 2.24) is 5.43 Å². The van der Waals surface area contributed by atoms with Crippen LogP contribution < -0.4 is 17.0 Å². The first-order chi connectivity index (χ1) is 10.3. The monoisotopic (exact) mass is 309 g/mol. The summed E-state index contributed by atoms with van der Waals surface area (Å²) < 4.78 is 0. The molecule has 1 aromatic rings. The number of amides is 1. The van der Waals surface area contributed by atoms with Crippen molar-refractivity contribution in [3.63, 3.8) is 0 Å². The van der Waals surface area contributed by atoms with Crippen LogP contribution in [0.15, 0.2) is 18.2 Å². The minimum absolute atomic E-state index is 0.0705. The van der Waals surface area contributed by atoms with Crippen LogP contribution in [0.25, 0.3) is 0 Å². The van der Waals surface area contributed by atoms with Crippen LogP contribution in [0.3, 0.4) is 0 Å². The highest BCUT2D eigenvalue weighted by Gasteiger charge is 2.20. The van der Waals surface area contributed by atoms with E-state index in [0.29, 0.717) is 0 Å². The van der Waals surface area contributed by atoms with Crippen LogP contribution in [-0.2, 0) is 4.79 Å². The van der Waals surface area contributed by atoms with Gasteiger partial charge in [0.2, 0.25) is 0 Å². The van der Waals surface area contributed by atoms with E-state index in [2.05, 4.69) is 0 Å². The SMILES string of the molecule is NNC(=O)c1cc(C(=O)CC[C@H](N)C(=O)O)ccc1C(=O)O. The molecule has 118 valence electrons. The van der Waals surface area contributed by atoms with E-state index in [1.165, 1.54) is 6.07 Å². The van der Waals surface area contributed by atoms with Crippen LogP contribution in [0.1, 0.15) is 43.9 Å². The van der Waals surface area contributed by atoms with Gasteiger partial charge in [-0.05, 0) is 18.6 Å². The van der Waals surface area contributed by atoms with Gasteiger partial charge in [-0.1, -0.05) is 6.07 Å². The van der Waals surface area contributed by atoms with Crippen molar-refractivity contribution in [2.45, 2.75) is 18.9 Å². The summed E-state index contributed by atoms with van der Waals surface area (Å²) >= 11 is 0. The van der Waals surface area contributed by atoms with E-state index in [1.807, 2.05) is 0 Å². The number of nitrogens with two attached hydrogens (primary N) is 2. The fraction of sp³-hybridized carbons (Fsp3) is 0.231. The van der Waals surface area contributed by atoms with Gasteiger partial charge >= 0.3 is 11.9 Å². The van der Waals surface area contributed by atoms with Gasteiger partial charge in [0, 0.05) is 12.0 Å². The van der Waals surface area contributed by atoms with Crippen LogP contribution in [0.2, 0.25) is 0 Å². The molecule has 0 heterocycles. The molecular weight excluding hydrogens is 294 g/mol. The highest BCUT2D eigenvalue weighted by Crippen LogP contribution is 2.15. The Hall–Kier alpha value is -2.78. The van der Waals surface area contributed by atoms with Gasteiger partial charge in [0.15, 0.2) is 5.78 Å². The second-order valence-electron chi connectivity index (χ2n) is 4.45. The van der Waals surface area contributed by atoms with E-state index in [1.54, 1.807) is 5.43 Å². The second-order valence-corrected chi connectivity index (χ2v) is 4.45. The van der Waals surface area contributed by atoms with Crippen LogP contribution in [-0.4, -0.2) is 39.9 Å². The average molecular weight is 309 g/mol. The van der Waals surface area contributed by atoms with Crippen molar-refractivity contribution >= 4 is 23.6 Å². The average Bonchev–Trinajstić information content (AvgIpc) is 2.50. The highest BCUT2D eigenvalue weighted by atomic mass is 16.4. The molecule has 0 spiro atoms. The lowest BCUT2D eigenvalue weighted by atomic mass is 9.98. The maximum Gasteiger partial charge on any atom is 0.336 e. The van der Waals surface area contributed by atoms with Crippen molar-refractivity contribution in [3.8, 4) is 0 Å². The van der Waals surface area contributed by atoms with Gasteiger partial charge in [0.05, 0.1) is 11.1 Å². The quantitative estimate of drug-likeness (QED) is 0.191. The number of aliphatic carboxylic acids is 1. The first-order valence-electron chi connectivity index (χ1n) is 6.17. The number of rotatable bonds is 7. The van der Waals surface area contributed by atoms with Crippen LogP contribution >= 0.6 is 0 Å². The fourth-order valence-corrected chi connectivity index (χ4v) is 1.72. The number of nitrogen functional groups attached to an aromatic ring is 1. The van der Waals surface area contributed by atoms with E-state index >= 15 is 0 Å². The number of hydrazine groups is 1. The minimum Gasteiger partial charge on any atom is -0.480 e. The first-order valence-corrected chi connectivity index (χ1v) is 6.17.